The van der Waals surface area contributed by atoms with Gasteiger partial charge in [0.15, 0.2) is 0 Å². The van der Waals surface area contributed by atoms with Crippen LogP contribution in [0.15, 0.2) is 47.2 Å². The normalized spacial score (nSPS) is 21.5. The van der Waals surface area contributed by atoms with Gasteiger partial charge >= 0.3 is 0 Å². The number of aromatic nitrogens is 1. The van der Waals surface area contributed by atoms with Crippen molar-refractivity contribution in [1.29, 1.82) is 0 Å². The van der Waals surface area contributed by atoms with Crippen LogP contribution in [-0.2, 0) is 0 Å². The first kappa shape index (κ1) is 21.0. The number of halogens is 1. The van der Waals surface area contributed by atoms with Crippen LogP contribution in [0.25, 0.3) is 0 Å². The first-order chi connectivity index (χ1) is 14.6. The Morgan fingerprint density at radius 1 is 1.03 bits per heavy atom. The number of hydrogen-bond donors (Lipinski definition) is 2. The van der Waals surface area contributed by atoms with E-state index in [1.807, 2.05) is 0 Å². The second kappa shape index (κ2) is 9.71. The maximum atomic E-state index is 12.7. The van der Waals surface area contributed by atoms with Crippen LogP contribution >= 0.6 is 15.9 Å². The van der Waals surface area contributed by atoms with E-state index in [0.29, 0.717) is 35.3 Å². The van der Waals surface area contributed by atoms with Gasteiger partial charge in [0.25, 0.3) is 11.8 Å². The number of carbonyl (C=O) groups excluding carboxylic acids is 2. The minimum Gasteiger partial charge on any atom is -0.352 e. The summed E-state index contributed by atoms with van der Waals surface area (Å²) in [6.45, 7) is 3.11. The molecule has 6 nitrogen and oxygen atoms in total. The molecule has 2 aromatic rings. The number of hydrogen-bond acceptors (Lipinski definition) is 4. The third-order valence-electron chi connectivity index (χ3n) is 6.10. The summed E-state index contributed by atoms with van der Waals surface area (Å²) in [5.74, 6) is 0.166. The molecule has 0 unspecified atom stereocenters. The summed E-state index contributed by atoms with van der Waals surface area (Å²) in [6.07, 6.45) is 9.36. The van der Waals surface area contributed by atoms with Crippen molar-refractivity contribution in [2.75, 3.05) is 25.0 Å². The first-order valence-electron chi connectivity index (χ1n) is 10.6. The largest absolute Gasteiger partial charge is 0.352 e. The van der Waals surface area contributed by atoms with Gasteiger partial charge in [-0.25, -0.2) is 0 Å². The highest BCUT2D eigenvalue weighted by Gasteiger charge is 2.32. The lowest BCUT2D eigenvalue weighted by Gasteiger charge is -2.44. The van der Waals surface area contributed by atoms with Gasteiger partial charge in [0.1, 0.15) is 0 Å². The Kier molecular flexibility index (Phi) is 6.79. The Labute approximate surface area is 185 Å². The van der Waals surface area contributed by atoms with Gasteiger partial charge in [0.05, 0.1) is 5.56 Å². The van der Waals surface area contributed by atoms with Gasteiger partial charge in [-0.1, -0.05) is 12.5 Å². The molecular weight excluding hydrogens is 444 g/mol. The Morgan fingerprint density at radius 3 is 2.77 bits per heavy atom. The van der Waals surface area contributed by atoms with Crippen LogP contribution in [0.4, 0.5) is 5.69 Å². The highest BCUT2D eigenvalue weighted by atomic mass is 79.9. The molecule has 0 aliphatic carbocycles. The predicted octanol–water partition coefficient (Wildman–Crippen LogP) is 4.09. The molecule has 7 heteroatoms. The minimum absolute atomic E-state index is 0.0943. The number of piperidine rings is 2. The predicted molar refractivity (Wildman–Crippen MR) is 121 cm³/mol. The van der Waals surface area contributed by atoms with E-state index in [1.54, 1.807) is 36.5 Å². The van der Waals surface area contributed by atoms with Crippen molar-refractivity contribution in [3.63, 3.8) is 0 Å². The molecule has 2 fully saturated rings. The Bertz CT molecular complexity index is 918. The number of nitrogens with zero attached hydrogens (tertiary/aromatic N) is 2. The van der Waals surface area contributed by atoms with Crippen molar-refractivity contribution in [2.24, 2.45) is 5.92 Å². The number of benzene rings is 1. The lowest BCUT2D eigenvalue weighted by atomic mass is 9.83. The van der Waals surface area contributed by atoms with E-state index < -0.39 is 0 Å². The fourth-order valence-corrected chi connectivity index (χ4v) is 4.98. The number of nitrogens with one attached hydrogen (secondary N) is 2. The average Bonchev–Trinajstić information content (AvgIpc) is 2.77. The van der Waals surface area contributed by atoms with E-state index in [9.17, 15) is 9.59 Å². The zero-order chi connectivity index (χ0) is 20.9. The molecule has 158 valence electrons. The number of fused-ring (bicyclic) bond motifs is 1. The second-order valence-electron chi connectivity index (χ2n) is 8.14. The molecule has 2 amide bonds. The molecule has 0 spiro atoms. The Hall–Kier alpha value is -2.25. The summed E-state index contributed by atoms with van der Waals surface area (Å²) < 4.78 is 0.738. The molecule has 1 aromatic carbocycles. The maximum absolute atomic E-state index is 12.7. The lowest BCUT2D eigenvalue weighted by Crippen LogP contribution is -2.51. The maximum Gasteiger partial charge on any atom is 0.257 e. The molecule has 30 heavy (non-hydrogen) atoms. The summed E-state index contributed by atoms with van der Waals surface area (Å²) in [5.41, 5.74) is 1.59. The highest BCUT2D eigenvalue weighted by Crippen LogP contribution is 2.30. The van der Waals surface area contributed by atoms with Crippen molar-refractivity contribution in [1.82, 2.24) is 15.2 Å². The zero-order valence-electron chi connectivity index (χ0n) is 16.9. The topological polar surface area (TPSA) is 74.3 Å². The van der Waals surface area contributed by atoms with Gasteiger partial charge in [-0.2, -0.15) is 0 Å². The number of pyridine rings is 1. The van der Waals surface area contributed by atoms with Crippen molar-refractivity contribution in [3.05, 3.63) is 58.3 Å². The van der Waals surface area contributed by atoms with Crippen molar-refractivity contribution in [3.8, 4) is 0 Å². The second-order valence-corrected chi connectivity index (χ2v) is 9.05. The molecule has 0 radical (unpaired) electrons. The molecule has 2 aliphatic rings. The van der Waals surface area contributed by atoms with Gasteiger partial charge in [0.2, 0.25) is 0 Å². The number of rotatable bonds is 5. The van der Waals surface area contributed by atoms with Crippen LogP contribution < -0.4 is 10.6 Å². The summed E-state index contributed by atoms with van der Waals surface area (Å²) in [6, 6.07) is 9.37. The monoisotopic (exact) mass is 470 g/mol. The summed E-state index contributed by atoms with van der Waals surface area (Å²) in [5, 5.41) is 5.96. The summed E-state index contributed by atoms with van der Waals surface area (Å²) in [4.78, 5) is 31.8. The molecule has 2 aliphatic heterocycles. The van der Waals surface area contributed by atoms with Gasteiger partial charge < -0.3 is 15.5 Å². The molecule has 4 rings (SSSR count). The molecule has 1 aromatic heterocycles. The fraction of sp³-hybridized carbons (Fsp3) is 0.435. The molecule has 0 saturated carbocycles. The third kappa shape index (κ3) is 5.08. The third-order valence-corrected chi connectivity index (χ3v) is 6.54. The molecule has 2 atom stereocenters. The smallest absolute Gasteiger partial charge is 0.257 e. The molecule has 2 N–H and O–H groups in total. The van der Waals surface area contributed by atoms with Crippen LogP contribution in [-0.4, -0.2) is 47.4 Å². The highest BCUT2D eigenvalue weighted by molar-refractivity contribution is 9.10. The van der Waals surface area contributed by atoms with E-state index in [0.717, 1.165) is 4.47 Å². The summed E-state index contributed by atoms with van der Waals surface area (Å²) in [7, 11) is 0. The SMILES string of the molecule is O=C(NC[C@@H]1CCCN2CCCC[C@H]12)c1cccc(NC(=O)c2cncc(Br)c2)c1. The summed E-state index contributed by atoms with van der Waals surface area (Å²) >= 11 is 3.32. The van der Waals surface area contributed by atoms with E-state index in [1.165, 1.54) is 51.4 Å². The quantitative estimate of drug-likeness (QED) is 0.689. The van der Waals surface area contributed by atoms with Gasteiger partial charge in [-0.3, -0.25) is 14.6 Å². The van der Waals surface area contributed by atoms with Gasteiger partial charge in [-0.15, -0.1) is 0 Å². The van der Waals surface area contributed by atoms with Gasteiger partial charge in [-0.05, 0) is 84.9 Å². The zero-order valence-corrected chi connectivity index (χ0v) is 18.5. The van der Waals surface area contributed by atoms with Crippen LogP contribution in [0.5, 0.6) is 0 Å². The fourth-order valence-electron chi connectivity index (χ4n) is 4.62. The molecular formula is C23H27BrN4O2. The van der Waals surface area contributed by atoms with E-state index in [2.05, 4.69) is 36.4 Å². The van der Waals surface area contributed by atoms with Crippen molar-refractivity contribution >= 4 is 33.4 Å². The van der Waals surface area contributed by atoms with Crippen molar-refractivity contribution in [2.45, 2.75) is 38.1 Å². The number of anilines is 1. The number of amides is 2. The van der Waals surface area contributed by atoms with Crippen LogP contribution in [0, 0.1) is 5.92 Å². The lowest BCUT2D eigenvalue weighted by molar-refractivity contribution is 0.0575. The van der Waals surface area contributed by atoms with Crippen LogP contribution in [0.3, 0.4) is 0 Å². The average molecular weight is 471 g/mol. The molecule has 3 heterocycles. The van der Waals surface area contributed by atoms with E-state index >= 15 is 0 Å². The Balaban J connectivity index is 1.36. The number of carbonyl (C=O) groups is 2. The van der Waals surface area contributed by atoms with Crippen LogP contribution in [0.2, 0.25) is 0 Å². The van der Waals surface area contributed by atoms with E-state index in [-0.39, 0.29) is 11.8 Å². The molecule has 2 saturated heterocycles. The van der Waals surface area contributed by atoms with Gasteiger partial charge in [0, 0.05) is 40.7 Å². The minimum atomic E-state index is -0.263. The van der Waals surface area contributed by atoms with Crippen molar-refractivity contribution < 1.29 is 9.59 Å². The first-order valence-corrected chi connectivity index (χ1v) is 11.4. The van der Waals surface area contributed by atoms with E-state index in [4.69, 9.17) is 0 Å². The molecule has 0 bridgehead atoms. The Morgan fingerprint density at radius 2 is 1.90 bits per heavy atom. The standard InChI is InChI=1S/C23H27BrN4O2/c24-19-11-18(13-25-15-19)23(30)27-20-7-3-5-16(12-20)22(29)26-14-17-6-4-10-28-9-2-1-8-21(17)28/h3,5,7,11-13,15,17,21H,1-2,4,6,8-10,14H2,(H,26,29)(H,27,30)/t17-,21+/m0/s1. The van der Waals surface area contributed by atoms with Crippen LogP contribution in [0.1, 0.15) is 52.8 Å².